The van der Waals surface area contributed by atoms with Gasteiger partial charge in [-0.1, -0.05) is 18.2 Å². The molecule has 0 aliphatic heterocycles. The van der Waals surface area contributed by atoms with Crippen molar-refractivity contribution in [3.63, 3.8) is 0 Å². The minimum absolute atomic E-state index is 0.194. The number of nitrogens with zero attached hydrogens (tertiary/aromatic N) is 3. The fraction of sp³-hybridized carbons (Fsp3) is 0.125. The molecule has 5 rings (SSSR count). The Morgan fingerprint density at radius 3 is 2.69 bits per heavy atom. The monoisotopic (exact) mass is 430 g/mol. The van der Waals surface area contributed by atoms with E-state index < -0.39 is 0 Å². The van der Waals surface area contributed by atoms with Crippen LogP contribution in [-0.4, -0.2) is 32.5 Å². The maximum atomic E-state index is 13.2. The number of pyridine rings is 1. The third kappa shape index (κ3) is 3.50. The van der Waals surface area contributed by atoms with Crippen molar-refractivity contribution in [1.29, 1.82) is 0 Å². The minimum Gasteiger partial charge on any atom is -0.488 e. The molecule has 0 saturated heterocycles. The summed E-state index contributed by atoms with van der Waals surface area (Å²) in [6.07, 6.45) is 6.20. The Morgan fingerprint density at radius 2 is 1.94 bits per heavy atom. The second kappa shape index (κ2) is 8.24. The summed E-state index contributed by atoms with van der Waals surface area (Å²) in [6.45, 7) is 0.469. The minimum atomic E-state index is -0.296. The van der Waals surface area contributed by atoms with E-state index in [2.05, 4.69) is 15.0 Å². The van der Waals surface area contributed by atoms with Gasteiger partial charge in [-0.2, -0.15) is 0 Å². The zero-order valence-electron chi connectivity index (χ0n) is 17.2. The van der Waals surface area contributed by atoms with Crippen LogP contribution in [0.25, 0.3) is 21.8 Å². The van der Waals surface area contributed by atoms with Gasteiger partial charge in [0.05, 0.1) is 23.8 Å². The molecule has 0 amide bonds. The number of nitrogens with one attached hydrogen (secondary N) is 1. The van der Waals surface area contributed by atoms with Crippen molar-refractivity contribution in [2.45, 2.75) is 13.2 Å². The molecule has 5 aromatic rings. The molecule has 7 nitrogen and oxygen atoms in total. The lowest BCUT2D eigenvalue weighted by Crippen LogP contribution is -2.15. The largest absolute Gasteiger partial charge is 0.488 e. The van der Waals surface area contributed by atoms with Gasteiger partial charge >= 0.3 is 0 Å². The van der Waals surface area contributed by atoms with Crippen LogP contribution in [-0.2, 0) is 18.0 Å². The predicted octanol–water partition coefficient (Wildman–Crippen LogP) is 4.47. The van der Waals surface area contributed by atoms with Crippen molar-refractivity contribution in [2.75, 3.05) is 7.11 Å². The number of rotatable bonds is 6. The van der Waals surface area contributed by atoms with Gasteiger partial charge in [-0.25, -0.2) is 14.4 Å². The standard InChI is InChI=1S/C24H19FN4O3/c1-31-13-17-21-19(11-27-23(17)24(30)29-10-9-26-14-29)28-18-3-2-4-20(22(18)21)32-12-15-5-7-16(25)8-6-15/h2-11,14,28H,12-13H2,1H3. The number of hydrogen-bond donors (Lipinski definition) is 1. The van der Waals surface area contributed by atoms with Crippen LogP contribution in [0.2, 0.25) is 0 Å². The van der Waals surface area contributed by atoms with Gasteiger partial charge in [-0.15, -0.1) is 0 Å². The molecule has 3 aromatic heterocycles. The van der Waals surface area contributed by atoms with E-state index in [4.69, 9.17) is 9.47 Å². The fourth-order valence-electron chi connectivity index (χ4n) is 3.80. The molecule has 3 heterocycles. The van der Waals surface area contributed by atoms with Gasteiger partial charge in [0.25, 0.3) is 5.91 Å². The Kier molecular flexibility index (Phi) is 5.12. The van der Waals surface area contributed by atoms with Crippen LogP contribution in [0, 0.1) is 5.82 Å². The van der Waals surface area contributed by atoms with Crippen LogP contribution in [0.5, 0.6) is 5.75 Å². The van der Waals surface area contributed by atoms with Gasteiger partial charge in [-0.05, 0) is 29.8 Å². The first kappa shape index (κ1) is 19.9. The molecule has 0 aliphatic rings. The lowest BCUT2D eigenvalue weighted by atomic mass is 10.0. The Balaban J connectivity index is 1.65. The van der Waals surface area contributed by atoms with Crippen molar-refractivity contribution in [2.24, 2.45) is 0 Å². The van der Waals surface area contributed by atoms with Gasteiger partial charge < -0.3 is 14.5 Å². The molecule has 0 radical (unpaired) electrons. The van der Waals surface area contributed by atoms with Gasteiger partial charge in [-0.3, -0.25) is 9.36 Å². The molecule has 2 aromatic carbocycles. The zero-order chi connectivity index (χ0) is 22.1. The number of ether oxygens (including phenoxy) is 2. The maximum Gasteiger partial charge on any atom is 0.282 e. The number of aromatic nitrogens is 4. The maximum absolute atomic E-state index is 13.2. The first-order chi connectivity index (χ1) is 15.7. The third-order valence-corrected chi connectivity index (χ3v) is 5.26. The average molecular weight is 430 g/mol. The van der Waals surface area contributed by atoms with Crippen molar-refractivity contribution < 1.29 is 18.7 Å². The molecule has 1 N–H and O–H groups in total. The van der Waals surface area contributed by atoms with Crippen LogP contribution < -0.4 is 4.74 Å². The molecule has 0 atom stereocenters. The van der Waals surface area contributed by atoms with Crippen molar-refractivity contribution in [3.05, 3.63) is 90.0 Å². The van der Waals surface area contributed by atoms with Gasteiger partial charge in [0.15, 0.2) is 0 Å². The van der Waals surface area contributed by atoms with Crippen LogP contribution >= 0.6 is 0 Å². The summed E-state index contributed by atoms with van der Waals surface area (Å²) < 4.78 is 26.1. The molecule has 32 heavy (non-hydrogen) atoms. The highest BCUT2D eigenvalue weighted by atomic mass is 19.1. The molecule has 160 valence electrons. The van der Waals surface area contributed by atoms with E-state index in [0.717, 1.165) is 27.4 Å². The summed E-state index contributed by atoms with van der Waals surface area (Å²) in [5.41, 5.74) is 3.41. The van der Waals surface area contributed by atoms with Gasteiger partial charge in [0, 0.05) is 35.8 Å². The topological polar surface area (TPSA) is 82.0 Å². The lowest BCUT2D eigenvalue weighted by Gasteiger charge is -2.12. The number of fused-ring (bicyclic) bond motifs is 3. The van der Waals surface area contributed by atoms with Crippen molar-refractivity contribution in [1.82, 2.24) is 19.5 Å². The highest BCUT2D eigenvalue weighted by Gasteiger charge is 2.22. The van der Waals surface area contributed by atoms with Crippen LogP contribution in [0.1, 0.15) is 21.6 Å². The first-order valence-corrected chi connectivity index (χ1v) is 9.97. The number of methoxy groups -OCH3 is 1. The summed E-state index contributed by atoms with van der Waals surface area (Å²) in [5.74, 6) is 0.0532. The number of carbonyl (C=O) groups excluding carboxylic acids is 1. The van der Waals surface area contributed by atoms with E-state index in [0.29, 0.717) is 11.3 Å². The number of carbonyl (C=O) groups is 1. The highest BCUT2D eigenvalue weighted by Crippen LogP contribution is 2.36. The van der Waals surface area contributed by atoms with Gasteiger partial charge in [0.1, 0.15) is 30.2 Å². The van der Waals surface area contributed by atoms with Crippen LogP contribution in [0.3, 0.4) is 0 Å². The quantitative estimate of drug-likeness (QED) is 0.430. The number of imidazole rings is 1. The summed E-state index contributed by atoms with van der Waals surface area (Å²) >= 11 is 0. The van der Waals surface area contributed by atoms with E-state index in [9.17, 15) is 9.18 Å². The number of aromatic amines is 1. The smallest absolute Gasteiger partial charge is 0.282 e. The van der Waals surface area contributed by atoms with E-state index >= 15 is 0 Å². The first-order valence-electron chi connectivity index (χ1n) is 9.97. The van der Waals surface area contributed by atoms with Crippen molar-refractivity contribution >= 4 is 27.7 Å². The predicted molar refractivity (Wildman–Crippen MR) is 117 cm³/mol. The normalized spacial score (nSPS) is 11.3. The van der Waals surface area contributed by atoms with Crippen LogP contribution in [0.4, 0.5) is 4.39 Å². The summed E-state index contributed by atoms with van der Waals surface area (Å²) in [5, 5.41) is 1.65. The zero-order valence-corrected chi connectivity index (χ0v) is 17.2. The molecule has 0 unspecified atom stereocenters. The summed E-state index contributed by atoms with van der Waals surface area (Å²) in [4.78, 5) is 24.8. The molecule has 0 saturated carbocycles. The van der Waals surface area contributed by atoms with E-state index in [-0.39, 0.29) is 30.6 Å². The van der Waals surface area contributed by atoms with Gasteiger partial charge in [0.2, 0.25) is 0 Å². The number of H-pyrrole nitrogens is 1. The van der Waals surface area contributed by atoms with E-state index in [1.54, 1.807) is 37.8 Å². The molecule has 0 spiro atoms. The highest BCUT2D eigenvalue weighted by molar-refractivity contribution is 6.14. The molecule has 0 fully saturated rings. The molecule has 0 aliphatic carbocycles. The SMILES string of the molecule is COCc1c(C(=O)n2ccnc2)ncc2[nH]c3cccc(OCc4ccc(F)cc4)c3c12. The van der Waals surface area contributed by atoms with Crippen LogP contribution in [0.15, 0.2) is 67.4 Å². The Hall–Kier alpha value is -4.04. The summed E-state index contributed by atoms with van der Waals surface area (Å²) in [6, 6.07) is 11.9. The van der Waals surface area contributed by atoms with E-state index in [1.165, 1.54) is 23.0 Å². The number of hydrogen-bond acceptors (Lipinski definition) is 5. The third-order valence-electron chi connectivity index (χ3n) is 5.26. The average Bonchev–Trinajstić information content (AvgIpc) is 3.47. The molecular formula is C24H19FN4O3. The second-order valence-electron chi connectivity index (χ2n) is 7.30. The Morgan fingerprint density at radius 1 is 1.09 bits per heavy atom. The number of benzene rings is 2. The Bertz CT molecular complexity index is 1410. The molecular weight excluding hydrogens is 411 g/mol. The summed E-state index contributed by atoms with van der Waals surface area (Å²) in [7, 11) is 1.57. The lowest BCUT2D eigenvalue weighted by molar-refractivity contribution is 0.0950. The Labute approximate surface area is 182 Å². The number of halogens is 1. The van der Waals surface area contributed by atoms with E-state index in [1.807, 2.05) is 18.2 Å². The fourth-order valence-corrected chi connectivity index (χ4v) is 3.80. The van der Waals surface area contributed by atoms with Crippen molar-refractivity contribution in [3.8, 4) is 5.75 Å². The second-order valence-corrected chi connectivity index (χ2v) is 7.30. The molecule has 0 bridgehead atoms. The molecule has 8 heteroatoms.